The molecular weight excluding hydrogens is 264 g/mol. The normalized spacial score (nSPS) is 15.4. The first-order valence-corrected chi connectivity index (χ1v) is 6.89. The second-order valence-corrected chi connectivity index (χ2v) is 5.44. The molecule has 1 aliphatic carbocycles. The maximum Gasteiger partial charge on any atom is 0.150 e. The van der Waals surface area contributed by atoms with Crippen LogP contribution in [0.1, 0.15) is 30.7 Å². The third-order valence-corrected chi connectivity index (χ3v) is 4.07. The molecule has 18 heavy (non-hydrogen) atoms. The lowest BCUT2D eigenvalue weighted by atomic mass is 9.77. The molecule has 0 unspecified atom stereocenters. The van der Waals surface area contributed by atoms with Gasteiger partial charge in [-0.15, -0.1) is 0 Å². The van der Waals surface area contributed by atoms with E-state index in [1.807, 2.05) is 12.1 Å². The molecule has 0 spiro atoms. The first-order chi connectivity index (χ1) is 8.75. The molecule has 1 saturated carbocycles. The third kappa shape index (κ3) is 2.08. The second-order valence-electron chi connectivity index (χ2n) is 4.65. The van der Waals surface area contributed by atoms with Crippen molar-refractivity contribution < 1.29 is 0 Å². The molecule has 2 nitrogen and oxygen atoms in total. The summed E-state index contributed by atoms with van der Waals surface area (Å²) in [6.07, 6.45) is 3.86. The largest absolute Gasteiger partial charge is 0.266 e. The predicted molar refractivity (Wildman–Crippen MR) is 76.5 cm³/mol. The molecule has 3 rings (SSSR count). The zero-order valence-electron chi connectivity index (χ0n) is 9.82. The van der Waals surface area contributed by atoms with E-state index in [0.717, 1.165) is 5.56 Å². The molecule has 0 bridgehead atoms. The number of halogens is 1. The number of rotatable bonds is 2. The van der Waals surface area contributed by atoms with Gasteiger partial charge in [0.05, 0.1) is 0 Å². The Morgan fingerprint density at radius 1 is 1.22 bits per heavy atom. The lowest BCUT2D eigenvalue weighted by molar-refractivity contribution is 0.420. The Morgan fingerprint density at radius 2 is 2.00 bits per heavy atom. The molecular formula is C14H13ClN2S. The zero-order chi connectivity index (χ0) is 12.5. The Hall–Kier alpha value is -1.19. The van der Waals surface area contributed by atoms with E-state index in [2.05, 4.69) is 28.4 Å². The summed E-state index contributed by atoms with van der Waals surface area (Å²) < 4.78 is 0.645. The fraction of sp³-hybridized carbons (Fsp3) is 0.286. The smallest absolute Gasteiger partial charge is 0.150 e. The molecule has 92 valence electrons. The van der Waals surface area contributed by atoms with Gasteiger partial charge < -0.3 is 0 Å². The van der Waals surface area contributed by atoms with E-state index < -0.39 is 0 Å². The van der Waals surface area contributed by atoms with Crippen molar-refractivity contribution in [1.29, 1.82) is 0 Å². The van der Waals surface area contributed by atoms with E-state index >= 15 is 0 Å². The Balaban J connectivity index is 2.16. The number of aromatic amines is 1. The van der Waals surface area contributed by atoms with Crippen LogP contribution < -0.4 is 0 Å². The minimum Gasteiger partial charge on any atom is -0.266 e. The van der Waals surface area contributed by atoms with Crippen LogP contribution >= 0.6 is 23.8 Å². The average molecular weight is 277 g/mol. The standard InChI is InChI=1S/C14H13ClN2S/c15-13-8-12(14(18)17-16-13)11-7-2-1-6-10(11)9-4-3-5-9/h1-2,6-9H,3-5H2,(H,17,18). The van der Waals surface area contributed by atoms with Crippen molar-refractivity contribution in [3.8, 4) is 11.1 Å². The molecule has 1 N–H and O–H groups in total. The lowest BCUT2D eigenvalue weighted by Crippen LogP contribution is -2.10. The molecule has 0 radical (unpaired) electrons. The number of nitrogens with zero attached hydrogens (tertiary/aromatic N) is 1. The maximum atomic E-state index is 5.96. The SMILES string of the molecule is S=c1[nH]nc(Cl)cc1-c1ccccc1C1CCC1. The van der Waals surface area contributed by atoms with Crippen LogP contribution in [0.4, 0.5) is 0 Å². The second kappa shape index (κ2) is 4.82. The average Bonchev–Trinajstić information content (AvgIpc) is 2.31. The number of H-pyrrole nitrogens is 1. The highest BCUT2D eigenvalue weighted by molar-refractivity contribution is 7.71. The van der Waals surface area contributed by atoms with Gasteiger partial charge in [-0.25, -0.2) is 0 Å². The summed E-state index contributed by atoms with van der Waals surface area (Å²) >= 11 is 11.3. The molecule has 1 aromatic heterocycles. The highest BCUT2D eigenvalue weighted by atomic mass is 35.5. The molecule has 4 heteroatoms. The summed E-state index contributed by atoms with van der Waals surface area (Å²) in [4.78, 5) is 0. The van der Waals surface area contributed by atoms with Gasteiger partial charge in [0.2, 0.25) is 0 Å². The van der Waals surface area contributed by atoms with E-state index in [9.17, 15) is 0 Å². The van der Waals surface area contributed by atoms with E-state index in [1.165, 1.54) is 30.4 Å². The zero-order valence-corrected chi connectivity index (χ0v) is 11.4. The van der Waals surface area contributed by atoms with Gasteiger partial charge in [0.25, 0.3) is 0 Å². The first kappa shape index (κ1) is 11.9. The summed E-state index contributed by atoms with van der Waals surface area (Å²) in [5.74, 6) is 0.669. The van der Waals surface area contributed by atoms with E-state index in [1.54, 1.807) is 0 Å². The van der Waals surface area contributed by atoms with Crippen molar-refractivity contribution in [2.45, 2.75) is 25.2 Å². The third-order valence-electron chi connectivity index (χ3n) is 3.57. The monoisotopic (exact) mass is 276 g/mol. The molecule has 1 heterocycles. The maximum absolute atomic E-state index is 5.96. The van der Waals surface area contributed by atoms with Crippen molar-refractivity contribution in [2.24, 2.45) is 0 Å². The minimum atomic E-state index is 0.446. The fourth-order valence-corrected chi connectivity index (χ4v) is 2.76. The number of aromatic nitrogens is 2. The number of hydrogen-bond acceptors (Lipinski definition) is 2. The molecule has 0 atom stereocenters. The van der Waals surface area contributed by atoms with Gasteiger partial charge in [-0.2, -0.15) is 5.10 Å². The van der Waals surface area contributed by atoms with Gasteiger partial charge in [0.1, 0.15) is 9.79 Å². The van der Waals surface area contributed by atoms with Gasteiger partial charge in [0, 0.05) is 5.56 Å². The van der Waals surface area contributed by atoms with Crippen molar-refractivity contribution in [3.05, 3.63) is 45.7 Å². The van der Waals surface area contributed by atoms with E-state index in [4.69, 9.17) is 23.8 Å². The molecule has 1 aromatic carbocycles. The molecule has 2 aromatic rings. The predicted octanol–water partition coefficient (Wildman–Crippen LogP) is 4.73. The van der Waals surface area contributed by atoms with Crippen molar-refractivity contribution in [3.63, 3.8) is 0 Å². The molecule has 0 amide bonds. The first-order valence-electron chi connectivity index (χ1n) is 6.10. The van der Waals surface area contributed by atoms with Gasteiger partial charge in [-0.1, -0.05) is 54.5 Å². The van der Waals surface area contributed by atoms with Gasteiger partial charge in [0.15, 0.2) is 0 Å². The van der Waals surface area contributed by atoms with Crippen LogP contribution in [-0.2, 0) is 0 Å². The topological polar surface area (TPSA) is 28.7 Å². The van der Waals surface area contributed by atoms with Crippen molar-refractivity contribution in [2.75, 3.05) is 0 Å². The van der Waals surface area contributed by atoms with Crippen molar-refractivity contribution >= 4 is 23.8 Å². The fourth-order valence-electron chi connectivity index (χ4n) is 2.40. The summed E-state index contributed by atoms with van der Waals surface area (Å²) in [6, 6.07) is 10.3. The van der Waals surface area contributed by atoms with Crippen molar-refractivity contribution in [1.82, 2.24) is 10.2 Å². The quantitative estimate of drug-likeness (QED) is 0.804. The van der Waals surface area contributed by atoms with Gasteiger partial charge in [-0.05, 0) is 36.0 Å². The Morgan fingerprint density at radius 3 is 2.72 bits per heavy atom. The van der Waals surface area contributed by atoms with Crippen LogP contribution in [0.5, 0.6) is 0 Å². The van der Waals surface area contributed by atoms with E-state index in [0.29, 0.717) is 15.7 Å². The Bertz CT molecular complexity index is 632. The summed E-state index contributed by atoms with van der Waals surface area (Å²) in [7, 11) is 0. The van der Waals surface area contributed by atoms with Crippen LogP contribution in [0.15, 0.2) is 30.3 Å². The Kier molecular flexibility index (Phi) is 3.18. The molecule has 0 saturated heterocycles. The van der Waals surface area contributed by atoms with Crippen LogP contribution in [-0.4, -0.2) is 10.2 Å². The van der Waals surface area contributed by atoms with Crippen LogP contribution in [0.25, 0.3) is 11.1 Å². The summed E-state index contributed by atoms with van der Waals surface area (Å²) in [5.41, 5.74) is 3.55. The van der Waals surface area contributed by atoms with Crippen LogP contribution in [0, 0.1) is 4.64 Å². The minimum absolute atomic E-state index is 0.446. The molecule has 0 aliphatic heterocycles. The summed E-state index contributed by atoms with van der Waals surface area (Å²) in [5, 5.41) is 7.16. The number of hydrogen-bond donors (Lipinski definition) is 1. The number of nitrogens with one attached hydrogen (secondary N) is 1. The van der Waals surface area contributed by atoms with Gasteiger partial charge >= 0.3 is 0 Å². The highest BCUT2D eigenvalue weighted by Gasteiger charge is 2.22. The molecule has 1 aliphatic rings. The van der Waals surface area contributed by atoms with E-state index in [-0.39, 0.29) is 0 Å². The molecule has 1 fully saturated rings. The van der Waals surface area contributed by atoms with Gasteiger partial charge in [-0.3, -0.25) is 5.10 Å². The highest BCUT2D eigenvalue weighted by Crippen LogP contribution is 2.41. The summed E-state index contributed by atoms with van der Waals surface area (Å²) in [6.45, 7) is 0. The lowest BCUT2D eigenvalue weighted by Gasteiger charge is -2.28. The Labute approximate surface area is 116 Å². The van der Waals surface area contributed by atoms with Crippen LogP contribution in [0.3, 0.4) is 0 Å². The van der Waals surface area contributed by atoms with Crippen LogP contribution in [0.2, 0.25) is 5.15 Å². The number of benzene rings is 1.